The van der Waals surface area contributed by atoms with E-state index < -0.39 is 5.97 Å². The van der Waals surface area contributed by atoms with Crippen molar-refractivity contribution in [3.8, 4) is 11.1 Å². The maximum absolute atomic E-state index is 11.0. The Morgan fingerprint density at radius 2 is 2.15 bits per heavy atom. The minimum absolute atomic E-state index is 0.0632. The molecule has 1 aliphatic rings. The molecule has 0 spiro atoms. The summed E-state index contributed by atoms with van der Waals surface area (Å²) in [5.41, 5.74) is 4.06. The van der Waals surface area contributed by atoms with Crippen molar-refractivity contribution in [2.24, 2.45) is 0 Å². The Balaban J connectivity index is 2.12. The van der Waals surface area contributed by atoms with Gasteiger partial charge in [0.05, 0.1) is 11.4 Å². The van der Waals surface area contributed by atoms with E-state index >= 15 is 0 Å². The largest absolute Gasteiger partial charge is 0.481 e. The van der Waals surface area contributed by atoms with Crippen LogP contribution in [0.3, 0.4) is 0 Å². The number of aliphatic carboxylic acids is 1. The average molecular weight is 288 g/mol. The summed E-state index contributed by atoms with van der Waals surface area (Å²) in [5, 5.41) is 9.66. The molecule has 2 aromatic rings. The molecule has 3 nitrogen and oxygen atoms in total. The van der Waals surface area contributed by atoms with Gasteiger partial charge in [-0.05, 0) is 41.5 Å². The lowest BCUT2D eigenvalue weighted by Crippen LogP contribution is -2.04. The molecule has 1 N–H and O–H groups in total. The molecule has 0 unspecified atom stereocenters. The van der Waals surface area contributed by atoms with Crippen molar-refractivity contribution in [1.29, 1.82) is 0 Å². The first-order valence-corrected chi connectivity index (χ1v) is 6.97. The summed E-state index contributed by atoms with van der Waals surface area (Å²) in [4.78, 5) is 15.2. The summed E-state index contributed by atoms with van der Waals surface area (Å²) in [5.74, 6) is -0.326. The molecule has 0 aliphatic heterocycles. The summed E-state index contributed by atoms with van der Waals surface area (Å²) >= 11 is 6.01. The van der Waals surface area contributed by atoms with E-state index in [0.717, 1.165) is 35.1 Å². The zero-order valence-electron chi connectivity index (χ0n) is 10.8. The van der Waals surface area contributed by atoms with Crippen molar-refractivity contribution >= 4 is 17.6 Å². The maximum atomic E-state index is 11.0. The number of carboxylic acid groups (broad SMARTS) is 1. The van der Waals surface area contributed by atoms with Crippen LogP contribution in [-0.2, 0) is 11.2 Å². The second-order valence-electron chi connectivity index (χ2n) is 5.11. The Morgan fingerprint density at radius 3 is 2.80 bits per heavy atom. The van der Waals surface area contributed by atoms with Gasteiger partial charge in [-0.3, -0.25) is 9.78 Å². The SMILES string of the molecule is O=C(O)Cc1cccc(-c2cncc(Cl)c2)c1C1CC1. The fourth-order valence-electron chi connectivity index (χ4n) is 2.60. The van der Waals surface area contributed by atoms with Crippen molar-refractivity contribution in [3.63, 3.8) is 0 Å². The molecule has 0 atom stereocenters. The van der Waals surface area contributed by atoms with E-state index in [4.69, 9.17) is 16.7 Å². The molecule has 1 aliphatic carbocycles. The minimum Gasteiger partial charge on any atom is -0.481 e. The molecule has 1 aromatic heterocycles. The number of aromatic nitrogens is 1. The number of pyridine rings is 1. The fourth-order valence-corrected chi connectivity index (χ4v) is 2.77. The summed E-state index contributed by atoms with van der Waals surface area (Å²) in [6, 6.07) is 7.70. The lowest BCUT2D eigenvalue weighted by Gasteiger charge is -2.13. The Kier molecular flexibility index (Phi) is 3.45. The van der Waals surface area contributed by atoms with Gasteiger partial charge in [0.2, 0.25) is 0 Å². The molecule has 1 aromatic carbocycles. The second-order valence-corrected chi connectivity index (χ2v) is 5.55. The predicted molar refractivity (Wildman–Crippen MR) is 78.0 cm³/mol. The highest BCUT2D eigenvalue weighted by molar-refractivity contribution is 6.30. The number of rotatable bonds is 4. The normalized spacial score (nSPS) is 14.2. The minimum atomic E-state index is -0.798. The van der Waals surface area contributed by atoms with Gasteiger partial charge in [0.15, 0.2) is 0 Å². The van der Waals surface area contributed by atoms with Crippen LogP contribution in [0.2, 0.25) is 5.02 Å². The third kappa shape index (κ3) is 2.68. The molecule has 1 heterocycles. The monoisotopic (exact) mass is 287 g/mol. The van der Waals surface area contributed by atoms with E-state index in [1.807, 2.05) is 24.3 Å². The van der Waals surface area contributed by atoms with Gasteiger partial charge in [-0.25, -0.2) is 0 Å². The van der Waals surface area contributed by atoms with E-state index in [1.54, 1.807) is 12.4 Å². The Labute approximate surface area is 122 Å². The molecule has 4 heteroatoms. The van der Waals surface area contributed by atoms with Gasteiger partial charge in [0.25, 0.3) is 0 Å². The first-order chi connectivity index (χ1) is 9.65. The van der Waals surface area contributed by atoms with Crippen molar-refractivity contribution in [3.05, 3.63) is 52.8 Å². The smallest absolute Gasteiger partial charge is 0.307 e. The fraction of sp³-hybridized carbons (Fsp3) is 0.250. The Hall–Kier alpha value is -1.87. The standard InChI is InChI=1S/C16H14ClNO2/c17-13-6-12(8-18-9-13)14-3-1-2-11(7-15(19)20)16(14)10-4-5-10/h1-3,6,8-10H,4-5,7H2,(H,19,20). The molecule has 0 radical (unpaired) electrons. The maximum Gasteiger partial charge on any atom is 0.307 e. The van der Waals surface area contributed by atoms with Gasteiger partial charge in [-0.2, -0.15) is 0 Å². The van der Waals surface area contributed by atoms with Crippen molar-refractivity contribution in [1.82, 2.24) is 4.98 Å². The third-order valence-corrected chi connectivity index (χ3v) is 3.75. The molecule has 1 fully saturated rings. The molecule has 3 rings (SSSR count). The van der Waals surface area contributed by atoms with Crippen LogP contribution >= 0.6 is 11.6 Å². The van der Waals surface area contributed by atoms with Gasteiger partial charge in [-0.15, -0.1) is 0 Å². The molecule has 1 saturated carbocycles. The number of benzene rings is 1. The number of nitrogens with zero attached hydrogens (tertiary/aromatic N) is 1. The number of carboxylic acids is 1. The van der Waals surface area contributed by atoms with Crippen LogP contribution in [0.4, 0.5) is 0 Å². The van der Waals surface area contributed by atoms with Crippen LogP contribution in [0.1, 0.15) is 29.9 Å². The topological polar surface area (TPSA) is 50.2 Å². The van der Waals surface area contributed by atoms with Gasteiger partial charge in [0, 0.05) is 18.0 Å². The molecule has 102 valence electrons. The van der Waals surface area contributed by atoms with Crippen LogP contribution < -0.4 is 0 Å². The lowest BCUT2D eigenvalue weighted by atomic mass is 9.91. The van der Waals surface area contributed by atoms with Crippen LogP contribution in [-0.4, -0.2) is 16.1 Å². The highest BCUT2D eigenvalue weighted by atomic mass is 35.5. The van der Waals surface area contributed by atoms with E-state index in [2.05, 4.69) is 4.98 Å². The van der Waals surface area contributed by atoms with Gasteiger partial charge >= 0.3 is 5.97 Å². The molecule has 0 bridgehead atoms. The van der Waals surface area contributed by atoms with E-state index in [0.29, 0.717) is 10.9 Å². The second kappa shape index (κ2) is 5.25. The summed E-state index contributed by atoms with van der Waals surface area (Å²) < 4.78 is 0. The highest BCUT2D eigenvalue weighted by Gasteiger charge is 2.29. The molecule has 0 amide bonds. The highest BCUT2D eigenvalue weighted by Crippen LogP contribution is 2.46. The lowest BCUT2D eigenvalue weighted by molar-refractivity contribution is -0.136. The van der Waals surface area contributed by atoms with E-state index in [-0.39, 0.29) is 6.42 Å². The predicted octanol–water partition coefficient (Wildman–Crippen LogP) is 3.91. The quantitative estimate of drug-likeness (QED) is 0.927. The number of hydrogen-bond acceptors (Lipinski definition) is 2. The average Bonchev–Trinajstić information content (AvgIpc) is 3.22. The van der Waals surface area contributed by atoms with Crippen LogP contribution in [0, 0.1) is 0 Å². The van der Waals surface area contributed by atoms with E-state index in [1.165, 1.54) is 0 Å². The number of halogens is 1. The Morgan fingerprint density at radius 1 is 1.35 bits per heavy atom. The number of hydrogen-bond donors (Lipinski definition) is 1. The first-order valence-electron chi connectivity index (χ1n) is 6.59. The summed E-state index contributed by atoms with van der Waals surface area (Å²) in [7, 11) is 0. The van der Waals surface area contributed by atoms with Gasteiger partial charge in [0.1, 0.15) is 0 Å². The Bertz CT molecular complexity index is 665. The zero-order chi connectivity index (χ0) is 14.1. The first kappa shape index (κ1) is 13.1. The molecular formula is C16H14ClNO2. The van der Waals surface area contributed by atoms with Gasteiger partial charge in [-0.1, -0.05) is 29.8 Å². The molecule has 0 saturated heterocycles. The van der Waals surface area contributed by atoms with E-state index in [9.17, 15) is 4.79 Å². The van der Waals surface area contributed by atoms with Crippen molar-refractivity contribution < 1.29 is 9.90 Å². The van der Waals surface area contributed by atoms with Crippen LogP contribution in [0.25, 0.3) is 11.1 Å². The summed E-state index contributed by atoms with van der Waals surface area (Å²) in [6.45, 7) is 0. The summed E-state index contributed by atoms with van der Waals surface area (Å²) in [6.07, 6.45) is 5.68. The number of carbonyl (C=O) groups is 1. The van der Waals surface area contributed by atoms with Crippen LogP contribution in [0.5, 0.6) is 0 Å². The van der Waals surface area contributed by atoms with Crippen molar-refractivity contribution in [2.75, 3.05) is 0 Å². The third-order valence-electron chi connectivity index (χ3n) is 3.54. The van der Waals surface area contributed by atoms with Crippen molar-refractivity contribution in [2.45, 2.75) is 25.2 Å². The van der Waals surface area contributed by atoms with Gasteiger partial charge < -0.3 is 5.11 Å². The molecule has 20 heavy (non-hydrogen) atoms. The zero-order valence-corrected chi connectivity index (χ0v) is 11.6. The van der Waals surface area contributed by atoms with Crippen LogP contribution in [0.15, 0.2) is 36.7 Å². The molecular weight excluding hydrogens is 274 g/mol.